The summed E-state index contributed by atoms with van der Waals surface area (Å²) in [5, 5.41) is 3.41. The van der Waals surface area contributed by atoms with Crippen molar-refractivity contribution in [2.24, 2.45) is 11.8 Å². The third kappa shape index (κ3) is 2.41. The fraction of sp³-hybridized carbons (Fsp3) is 1.00. The monoisotopic (exact) mass is 246 g/mol. The van der Waals surface area contributed by atoms with Gasteiger partial charge < -0.3 is 5.32 Å². The van der Waals surface area contributed by atoms with Crippen LogP contribution in [0.5, 0.6) is 0 Å². The Labute approximate surface area is 98.3 Å². The van der Waals surface area contributed by atoms with Crippen molar-refractivity contribution < 1.29 is 8.42 Å². The molecule has 0 bridgehead atoms. The van der Waals surface area contributed by atoms with Crippen LogP contribution in [-0.4, -0.2) is 57.0 Å². The molecule has 0 radical (unpaired) electrons. The summed E-state index contributed by atoms with van der Waals surface area (Å²) in [7, 11) is -2.81. The Hall–Kier alpha value is -0.130. The van der Waals surface area contributed by atoms with Gasteiger partial charge in [0, 0.05) is 24.9 Å². The average Bonchev–Trinajstić information content (AvgIpc) is 2.80. The molecule has 5 heteroatoms. The first-order valence-corrected chi connectivity index (χ1v) is 8.01. The zero-order valence-corrected chi connectivity index (χ0v) is 11.0. The lowest BCUT2D eigenvalue weighted by atomic mass is 9.95. The van der Waals surface area contributed by atoms with E-state index in [0.29, 0.717) is 18.3 Å². The van der Waals surface area contributed by atoms with Gasteiger partial charge in [-0.05, 0) is 31.8 Å². The molecule has 1 N–H and O–H groups in total. The van der Waals surface area contributed by atoms with Crippen LogP contribution in [0.2, 0.25) is 0 Å². The minimum absolute atomic E-state index is 0.267. The predicted molar refractivity (Wildman–Crippen MR) is 65.2 cm³/mol. The summed E-state index contributed by atoms with van der Waals surface area (Å²) >= 11 is 0. The number of rotatable bonds is 4. The highest BCUT2D eigenvalue weighted by atomic mass is 32.2. The molecular formula is C11H22N2O2S. The van der Waals surface area contributed by atoms with Crippen molar-refractivity contribution in [3.8, 4) is 0 Å². The molecule has 2 aliphatic rings. The Morgan fingerprint density at radius 3 is 2.75 bits per heavy atom. The largest absolute Gasteiger partial charge is 0.316 e. The summed E-state index contributed by atoms with van der Waals surface area (Å²) in [5.74, 6) is 2.05. The molecule has 2 fully saturated rings. The quantitative estimate of drug-likeness (QED) is 0.756. The summed E-state index contributed by atoms with van der Waals surface area (Å²) in [6.45, 7) is 7.94. The Morgan fingerprint density at radius 1 is 1.38 bits per heavy atom. The van der Waals surface area contributed by atoms with Crippen LogP contribution >= 0.6 is 0 Å². The summed E-state index contributed by atoms with van der Waals surface area (Å²) < 4.78 is 22.9. The van der Waals surface area contributed by atoms with Crippen LogP contribution in [0.1, 0.15) is 13.8 Å². The molecule has 3 atom stereocenters. The van der Waals surface area contributed by atoms with Crippen LogP contribution in [0, 0.1) is 11.8 Å². The van der Waals surface area contributed by atoms with Crippen LogP contribution in [0.4, 0.5) is 0 Å². The Balaban J connectivity index is 1.88. The molecule has 2 heterocycles. The number of nitrogens with zero attached hydrogens (tertiary/aromatic N) is 1. The van der Waals surface area contributed by atoms with E-state index in [1.807, 2.05) is 0 Å². The van der Waals surface area contributed by atoms with E-state index in [0.717, 1.165) is 31.5 Å². The number of likely N-dealkylation sites (tertiary alicyclic amines) is 1. The van der Waals surface area contributed by atoms with Gasteiger partial charge in [0.2, 0.25) is 0 Å². The van der Waals surface area contributed by atoms with Gasteiger partial charge in [0.05, 0.1) is 5.75 Å². The van der Waals surface area contributed by atoms with Crippen molar-refractivity contribution in [1.29, 1.82) is 0 Å². The van der Waals surface area contributed by atoms with E-state index >= 15 is 0 Å². The lowest BCUT2D eigenvalue weighted by Gasteiger charge is -2.23. The number of sulfone groups is 1. The fourth-order valence-electron chi connectivity index (χ4n) is 2.95. The first-order chi connectivity index (χ1) is 7.53. The maximum atomic E-state index is 11.5. The van der Waals surface area contributed by atoms with Crippen LogP contribution in [0.15, 0.2) is 0 Å². The molecule has 0 spiro atoms. The Morgan fingerprint density at radius 2 is 2.12 bits per heavy atom. The van der Waals surface area contributed by atoms with E-state index in [1.54, 1.807) is 6.92 Å². The Bertz CT molecular complexity index is 342. The minimum Gasteiger partial charge on any atom is -0.316 e. The van der Waals surface area contributed by atoms with Gasteiger partial charge in [0.1, 0.15) is 0 Å². The molecule has 3 unspecified atom stereocenters. The van der Waals surface area contributed by atoms with Gasteiger partial charge in [-0.3, -0.25) is 4.90 Å². The van der Waals surface area contributed by atoms with Crippen LogP contribution < -0.4 is 5.32 Å². The normalized spacial score (nSPS) is 35.5. The predicted octanol–water partition coefficient (Wildman–Crippen LogP) is -0.0392. The number of fused-ring (bicyclic) bond motifs is 1. The van der Waals surface area contributed by atoms with Gasteiger partial charge in [-0.25, -0.2) is 8.42 Å². The number of nitrogens with one attached hydrogen (secondary N) is 1. The molecule has 0 aliphatic carbocycles. The molecule has 2 rings (SSSR count). The van der Waals surface area contributed by atoms with Crippen LogP contribution in [0.3, 0.4) is 0 Å². The molecule has 2 aliphatic heterocycles. The summed E-state index contributed by atoms with van der Waals surface area (Å²) in [4.78, 5) is 2.35. The van der Waals surface area contributed by atoms with Gasteiger partial charge in [0.15, 0.2) is 9.84 Å². The SMILES string of the molecule is CCS(=O)(=O)CCN1CC2CNCC2C1C. The van der Waals surface area contributed by atoms with Crippen molar-refractivity contribution >= 4 is 9.84 Å². The van der Waals surface area contributed by atoms with E-state index in [9.17, 15) is 8.42 Å². The van der Waals surface area contributed by atoms with E-state index in [4.69, 9.17) is 0 Å². The van der Waals surface area contributed by atoms with Gasteiger partial charge in [-0.1, -0.05) is 6.92 Å². The van der Waals surface area contributed by atoms with Crippen LogP contribution in [0.25, 0.3) is 0 Å². The fourth-order valence-corrected chi connectivity index (χ4v) is 3.75. The molecular weight excluding hydrogens is 224 g/mol. The lowest BCUT2D eigenvalue weighted by molar-refractivity contribution is 0.253. The first kappa shape index (κ1) is 12.3. The van der Waals surface area contributed by atoms with Gasteiger partial charge in [-0.15, -0.1) is 0 Å². The van der Waals surface area contributed by atoms with Crippen molar-refractivity contribution in [2.75, 3.05) is 37.7 Å². The van der Waals surface area contributed by atoms with Crippen molar-refractivity contribution in [3.63, 3.8) is 0 Å². The summed E-state index contributed by atoms with van der Waals surface area (Å²) in [6, 6.07) is 0.534. The topological polar surface area (TPSA) is 49.4 Å². The highest BCUT2D eigenvalue weighted by Crippen LogP contribution is 2.31. The first-order valence-electron chi connectivity index (χ1n) is 6.18. The molecule has 16 heavy (non-hydrogen) atoms. The molecule has 0 aromatic carbocycles. The van der Waals surface area contributed by atoms with E-state index in [1.165, 1.54) is 0 Å². The Kier molecular flexibility index (Phi) is 3.56. The third-order valence-corrected chi connectivity index (χ3v) is 5.87. The zero-order valence-electron chi connectivity index (χ0n) is 10.1. The third-order valence-electron chi connectivity index (χ3n) is 4.19. The number of hydrogen-bond donors (Lipinski definition) is 1. The standard InChI is InChI=1S/C11H22N2O2S/c1-3-16(14,15)5-4-13-8-10-6-12-7-11(10)9(13)2/h9-12H,3-8H2,1-2H3. The molecule has 0 amide bonds. The molecule has 0 saturated carbocycles. The zero-order chi connectivity index (χ0) is 11.8. The molecule has 4 nitrogen and oxygen atoms in total. The highest BCUT2D eigenvalue weighted by Gasteiger charge is 2.41. The molecule has 0 aromatic heterocycles. The van der Waals surface area contributed by atoms with Crippen molar-refractivity contribution in [3.05, 3.63) is 0 Å². The van der Waals surface area contributed by atoms with E-state index in [-0.39, 0.29) is 5.75 Å². The maximum absolute atomic E-state index is 11.5. The van der Waals surface area contributed by atoms with Gasteiger partial charge >= 0.3 is 0 Å². The van der Waals surface area contributed by atoms with E-state index in [2.05, 4.69) is 17.1 Å². The summed E-state index contributed by atoms with van der Waals surface area (Å²) in [5.41, 5.74) is 0. The molecule has 94 valence electrons. The van der Waals surface area contributed by atoms with Gasteiger partial charge in [-0.2, -0.15) is 0 Å². The smallest absolute Gasteiger partial charge is 0.151 e. The lowest BCUT2D eigenvalue weighted by Crippen LogP contribution is -2.36. The maximum Gasteiger partial charge on any atom is 0.151 e. The molecule has 0 aromatic rings. The second-order valence-electron chi connectivity index (χ2n) is 5.05. The van der Waals surface area contributed by atoms with E-state index < -0.39 is 9.84 Å². The van der Waals surface area contributed by atoms with Gasteiger partial charge in [0.25, 0.3) is 0 Å². The van der Waals surface area contributed by atoms with Crippen molar-refractivity contribution in [2.45, 2.75) is 19.9 Å². The second kappa shape index (κ2) is 4.63. The average molecular weight is 246 g/mol. The summed E-state index contributed by atoms with van der Waals surface area (Å²) in [6.07, 6.45) is 0. The van der Waals surface area contributed by atoms with Crippen molar-refractivity contribution in [1.82, 2.24) is 10.2 Å². The minimum atomic E-state index is -2.81. The second-order valence-corrected chi connectivity index (χ2v) is 7.53. The highest BCUT2D eigenvalue weighted by molar-refractivity contribution is 7.91. The van der Waals surface area contributed by atoms with Crippen LogP contribution in [-0.2, 0) is 9.84 Å². The molecule has 2 saturated heterocycles. The number of hydrogen-bond acceptors (Lipinski definition) is 4.